The summed E-state index contributed by atoms with van der Waals surface area (Å²) >= 11 is 0. The van der Waals surface area contributed by atoms with Crippen molar-refractivity contribution in [1.82, 2.24) is 0 Å². The lowest BCUT2D eigenvalue weighted by Crippen LogP contribution is -2.40. The van der Waals surface area contributed by atoms with E-state index in [2.05, 4.69) is 0 Å². The molecule has 0 aromatic heterocycles. The number of nitro groups is 1. The van der Waals surface area contributed by atoms with Crippen LogP contribution >= 0.6 is 0 Å². The summed E-state index contributed by atoms with van der Waals surface area (Å²) in [5.74, 6) is -0.814. The van der Waals surface area contributed by atoms with Gasteiger partial charge in [0.05, 0.1) is 16.6 Å². The van der Waals surface area contributed by atoms with E-state index in [-0.39, 0.29) is 18.7 Å². The Morgan fingerprint density at radius 2 is 2.09 bits per heavy atom. The van der Waals surface area contributed by atoms with Crippen LogP contribution in [0.2, 0.25) is 0 Å². The Morgan fingerprint density at radius 3 is 2.59 bits per heavy atom. The van der Waals surface area contributed by atoms with Crippen molar-refractivity contribution < 1.29 is 28.0 Å². The molecule has 1 saturated heterocycles. The minimum atomic E-state index is -4.73. The number of primary amides is 1. The fourth-order valence-corrected chi connectivity index (χ4v) is 2.44. The Kier molecular flexibility index (Phi) is 3.96. The standard InChI is InChI=1S/C12H12F3N3O4/c13-12(14,15)6-1-2-8(9(3-6)18(21)22)17-5-7(19)4-10(17)11(16)20/h1-3,7,10,19H,4-5H2,(H2,16,20)/t7-,10+/m1/s1. The van der Waals surface area contributed by atoms with Gasteiger partial charge in [-0.05, 0) is 12.1 Å². The number of benzene rings is 1. The number of nitrogens with two attached hydrogens (primary N) is 1. The van der Waals surface area contributed by atoms with Crippen LogP contribution in [-0.4, -0.2) is 34.6 Å². The first-order valence-electron chi connectivity index (χ1n) is 6.21. The molecule has 0 spiro atoms. The molecule has 2 atom stereocenters. The van der Waals surface area contributed by atoms with Crippen molar-refractivity contribution in [3.63, 3.8) is 0 Å². The van der Waals surface area contributed by atoms with Crippen LogP contribution in [0.25, 0.3) is 0 Å². The van der Waals surface area contributed by atoms with E-state index in [9.17, 15) is 33.2 Å². The molecule has 1 amide bonds. The van der Waals surface area contributed by atoms with E-state index >= 15 is 0 Å². The number of nitro benzene ring substituents is 1. The molecular formula is C12H12F3N3O4. The highest BCUT2D eigenvalue weighted by molar-refractivity contribution is 5.85. The molecule has 1 aliphatic heterocycles. The largest absolute Gasteiger partial charge is 0.416 e. The van der Waals surface area contributed by atoms with Gasteiger partial charge in [0.1, 0.15) is 11.7 Å². The third kappa shape index (κ3) is 2.96. The Hall–Kier alpha value is -2.36. The number of aliphatic hydroxyl groups is 1. The highest BCUT2D eigenvalue weighted by atomic mass is 19.4. The molecule has 1 aliphatic rings. The number of rotatable bonds is 3. The SMILES string of the molecule is NC(=O)[C@@H]1C[C@@H](O)CN1c1ccc(C(F)(F)F)cc1[N+](=O)[O-]. The fraction of sp³-hybridized carbons (Fsp3) is 0.417. The van der Waals surface area contributed by atoms with Gasteiger partial charge in [-0.3, -0.25) is 14.9 Å². The number of halogens is 3. The van der Waals surface area contributed by atoms with Gasteiger partial charge in [-0.25, -0.2) is 0 Å². The van der Waals surface area contributed by atoms with Crippen LogP contribution in [0.3, 0.4) is 0 Å². The van der Waals surface area contributed by atoms with Gasteiger partial charge >= 0.3 is 6.18 Å². The van der Waals surface area contributed by atoms with Crippen LogP contribution in [0.4, 0.5) is 24.5 Å². The van der Waals surface area contributed by atoms with Crippen LogP contribution < -0.4 is 10.6 Å². The zero-order valence-corrected chi connectivity index (χ0v) is 11.1. The van der Waals surface area contributed by atoms with Crippen LogP contribution in [0, 0.1) is 10.1 Å². The van der Waals surface area contributed by atoms with Gasteiger partial charge in [-0.1, -0.05) is 0 Å². The normalized spacial score (nSPS) is 21.9. The van der Waals surface area contributed by atoms with E-state index in [0.29, 0.717) is 12.1 Å². The highest BCUT2D eigenvalue weighted by Gasteiger charge is 2.39. The number of amides is 1. The number of carbonyl (C=O) groups is 1. The number of alkyl halides is 3. The van der Waals surface area contributed by atoms with E-state index in [1.54, 1.807) is 0 Å². The third-order valence-corrected chi connectivity index (χ3v) is 3.42. The molecular weight excluding hydrogens is 307 g/mol. The van der Waals surface area contributed by atoms with Crippen molar-refractivity contribution in [2.24, 2.45) is 5.73 Å². The molecule has 22 heavy (non-hydrogen) atoms. The summed E-state index contributed by atoms with van der Waals surface area (Å²) in [5.41, 5.74) is 3.03. The number of nitrogens with zero attached hydrogens (tertiary/aromatic N) is 2. The molecule has 10 heteroatoms. The summed E-state index contributed by atoms with van der Waals surface area (Å²) < 4.78 is 38.0. The minimum Gasteiger partial charge on any atom is -0.391 e. The first kappa shape index (κ1) is 16.0. The third-order valence-electron chi connectivity index (χ3n) is 3.42. The predicted molar refractivity (Wildman–Crippen MR) is 69.1 cm³/mol. The van der Waals surface area contributed by atoms with E-state index in [1.165, 1.54) is 0 Å². The van der Waals surface area contributed by atoms with Crippen molar-refractivity contribution in [2.45, 2.75) is 24.7 Å². The second kappa shape index (κ2) is 5.44. The number of aliphatic hydroxyl groups excluding tert-OH is 1. The lowest BCUT2D eigenvalue weighted by Gasteiger charge is -2.24. The Balaban J connectivity index is 2.51. The molecule has 2 rings (SSSR count). The Morgan fingerprint density at radius 1 is 1.45 bits per heavy atom. The Bertz CT molecular complexity index is 620. The summed E-state index contributed by atoms with van der Waals surface area (Å²) in [6.07, 6.45) is -5.70. The molecule has 1 heterocycles. The number of hydrogen-bond acceptors (Lipinski definition) is 5. The summed E-state index contributed by atoms with van der Waals surface area (Å²) in [5, 5.41) is 20.6. The maximum absolute atomic E-state index is 12.7. The summed E-state index contributed by atoms with van der Waals surface area (Å²) in [4.78, 5) is 22.6. The minimum absolute atomic E-state index is 0.0342. The quantitative estimate of drug-likeness (QED) is 0.639. The molecule has 1 fully saturated rings. The van der Waals surface area contributed by atoms with Crippen LogP contribution in [0.15, 0.2) is 18.2 Å². The summed E-state index contributed by atoms with van der Waals surface area (Å²) in [6.45, 7) is -0.125. The first-order valence-corrected chi connectivity index (χ1v) is 6.21. The van der Waals surface area contributed by atoms with Crippen LogP contribution in [-0.2, 0) is 11.0 Å². The zero-order chi connectivity index (χ0) is 16.7. The van der Waals surface area contributed by atoms with Gasteiger partial charge in [0.15, 0.2) is 0 Å². The van der Waals surface area contributed by atoms with Crippen LogP contribution in [0.5, 0.6) is 0 Å². The maximum Gasteiger partial charge on any atom is 0.416 e. The lowest BCUT2D eigenvalue weighted by molar-refractivity contribution is -0.384. The Labute approximate surface area is 122 Å². The molecule has 1 aromatic rings. The van der Waals surface area contributed by atoms with Gasteiger partial charge in [-0.2, -0.15) is 13.2 Å². The van der Waals surface area contributed by atoms with Crippen molar-refractivity contribution >= 4 is 17.3 Å². The van der Waals surface area contributed by atoms with Crippen molar-refractivity contribution in [2.75, 3.05) is 11.4 Å². The summed E-state index contributed by atoms with van der Waals surface area (Å²) in [7, 11) is 0. The average molecular weight is 319 g/mol. The fourth-order valence-electron chi connectivity index (χ4n) is 2.44. The topological polar surface area (TPSA) is 110 Å². The van der Waals surface area contributed by atoms with Gasteiger partial charge in [0.2, 0.25) is 5.91 Å². The average Bonchev–Trinajstić information content (AvgIpc) is 2.79. The summed E-state index contributed by atoms with van der Waals surface area (Å²) in [6, 6.07) is 0.989. The smallest absolute Gasteiger partial charge is 0.391 e. The van der Waals surface area contributed by atoms with Gasteiger partial charge in [-0.15, -0.1) is 0 Å². The number of hydrogen-bond donors (Lipinski definition) is 2. The number of carbonyl (C=O) groups excluding carboxylic acids is 1. The van der Waals surface area contributed by atoms with Gasteiger partial charge in [0.25, 0.3) is 5.69 Å². The first-order chi connectivity index (χ1) is 10.1. The van der Waals surface area contributed by atoms with Crippen LogP contribution in [0.1, 0.15) is 12.0 Å². The molecule has 0 bridgehead atoms. The molecule has 0 unspecified atom stereocenters. The second-order valence-electron chi connectivity index (χ2n) is 4.92. The molecule has 120 valence electrons. The van der Waals surface area contributed by atoms with E-state index in [0.717, 1.165) is 11.0 Å². The van der Waals surface area contributed by atoms with Crippen molar-refractivity contribution in [3.8, 4) is 0 Å². The number of anilines is 1. The number of β-amino-alcohol motifs (C(OH)–C–C–N with tert-alkyl or cyclic N) is 1. The lowest BCUT2D eigenvalue weighted by atomic mass is 10.1. The molecule has 0 saturated carbocycles. The molecule has 0 aliphatic carbocycles. The molecule has 0 radical (unpaired) electrons. The predicted octanol–water partition coefficient (Wildman–Crippen LogP) is 1.04. The molecule has 1 aromatic carbocycles. The molecule has 7 nitrogen and oxygen atoms in total. The van der Waals surface area contributed by atoms with E-state index in [4.69, 9.17) is 5.73 Å². The van der Waals surface area contributed by atoms with E-state index in [1.807, 2.05) is 0 Å². The van der Waals surface area contributed by atoms with Gasteiger partial charge in [0, 0.05) is 19.0 Å². The second-order valence-corrected chi connectivity index (χ2v) is 4.92. The monoisotopic (exact) mass is 319 g/mol. The van der Waals surface area contributed by atoms with Gasteiger partial charge < -0.3 is 15.7 Å². The zero-order valence-electron chi connectivity index (χ0n) is 11.1. The van der Waals surface area contributed by atoms with Crippen molar-refractivity contribution in [1.29, 1.82) is 0 Å². The van der Waals surface area contributed by atoms with Crippen molar-refractivity contribution in [3.05, 3.63) is 33.9 Å². The van der Waals surface area contributed by atoms with E-state index < -0.39 is 40.4 Å². The molecule has 3 N–H and O–H groups in total. The highest BCUT2D eigenvalue weighted by Crippen LogP contribution is 2.38. The maximum atomic E-state index is 12.7.